The van der Waals surface area contributed by atoms with Crippen LogP contribution < -0.4 is 15.1 Å². The number of allylic oxidation sites excluding steroid dienone is 4. The van der Waals surface area contributed by atoms with Crippen molar-refractivity contribution in [3.63, 3.8) is 0 Å². The summed E-state index contributed by atoms with van der Waals surface area (Å²) in [4.78, 5) is 50.9. The fraction of sp³-hybridized carbons (Fsp3) is 0.0625. The Morgan fingerprint density at radius 2 is 1.12 bits per heavy atom. The van der Waals surface area contributed by atoms with Crippen molar-refractivity contribution < 1.29 is 28.4 Å². The van der Waals surface area contributed by atoms with Gasteiger partial charge in [0.2, 0.25) is 0 Å². The van der Waals surface area contributed by atoms with Gasteiger partial charge < -0.3 is 9.05 Å². The van der Waals surface area contributed by atoms with Gasteiger partial charge in [0.25, 0.3) is 0 Å². The maximum absolute atomic E-state index is 13.8. The van der Waals surface area contributed by atoms with Gasteiger partial charge in [-0.3, -0.25) is 0 Å². The molecule has 2 aliphatic rings. The average molecular weight is 569 g/mol. The molecule has 6 nitrogen and oxygen atoms in total. The van der Waals surface area contributed by atoms with Crippen molar-refractivity contribution in [1.82, 2.24) is 0 Å². The molecule has 2 atom stereocenters. The highest BCUT2D eigenvalue weighted by atomic mass is 31.2. The van der Waals surface area contributed by atoms with E-state index in [4.69, 9.17) is 9.05 Å². The molecule has 0 bridgehead atoms. The van der Waals surface area contributed by atoms with Crippen LogP contribution in [0.3, 0.4) is 0 Å². The van der Waals surface area contributed by atoms with E-state index in [0.717, 1.165) is 22.3 Å². The maximum atomic E-state index is 13.8. The molecule has 0 aromatic heterocycles. The van der Waals surface area contributed by atoms with Crippen LogP contribution >= 0.6 is 15.4 Å². The van der Waals surface area contributed by atoms with Gasteiger partial charge in [-0.1, -0.05) is 66.7 Å². The lowest BCUT2D eigenvalue weighted by molar-refractivity contribution is 0.104. The van der Waals surface area contributed by atoms with Gasteiger partial charge >= 0.3 is 26.5 Å². The molecule has 4 aromatic rings. The summed E-state index contributed by atoms with van der Waals surface area (Å²) in [5.74, 6) is 0.909. The van der Waals surface area contributed by atoms with Crippen LogP contribution in [-0.4, -0.2) is 20.8 Å². The van der Waals surface area contributed by atoms with Crippen LogP contribution in [0.2, 0.25) is 0 Å². The van der Waals surface area contributed by atoms with E-state index in [1.54, 1.807) is 43.3 Å². The van der Waals surface area contributed by atoms with Crippen LogP contribution in [0, 0.1) is 0 Å². The first-order valence-electron chi connectivity index (χ1n) is 12.7. The summed E-state index contributed by atoms with van der Waals surface area (Å²) in [7, 11) is -7.47. The monoisotopic (exact) mass is 568 g/mol. The zero-order valence-corrected chi connectivity index (χ0v) is 23.6. The molecule has 40 heavy (non-hydrogen) atoms. The molecule has 0 saturated carbocycles. The fourth-order valence-corrected chi connectivity index (χ4v) is 9.51. The lowest BCUT2D eigenvalue weighted by atomic mass is 10.0. The highest BCUT2D eigenvalue weighted by Crippen LogP contribution is 2.64. The number of para-hydroxylation sites is 1. The Kier molecular flexibility index (Phi) is 6.53. The summed E-state index contributed by atoms with van der Waals surface area (Å²) in [6, 6.07) is 27.6. The highest BCUT2D eigenvalue weighted by molar-refractivity contribution is 7.90. The minimum atomic E-state index is -3.75. The zero-order chi connectivity index (χ0) is 28.1. The van der Waals surface area contributed by atoms with E-state index in [1.807, 2.05) is 55.5 Å². The molecule has 2 N–H and O–H groups in total. The predicted octanol–water partition coefficient (Wildman–Crippen LogP) is 6.69. The van der Waals surface area contributed by atoms with Gasteiger partial charge in [-0.05, 0) is 56.3 Å². The molecule has 198 valence electrons. The Morgan fingerprint density at radius 1 is 0.650 bits per heavy atom. The first kappa shape index (κ1) is 26.3. The van der Waals surface area contributed by atoms with Gasteiger partial charge in [0.05, 0.1) is 11.1 Å². The van der Waals surface area contributed by atoms with Crippen LogP contribution in [0.5, 0.6) is 5.75 Å². The van der Waals surface area contributed by atoms with Gasteiger partial charge in [0, 0.05) is 22.3 Å². The van der Waals surface area contributed by atoms with Crippen LogP contribution in [0.15, 0.2) is 115 Å². The van der Waals surface area contributed by atoms with E-state index in [-0.39, 0.29) is 11.1 Å². The number of fused-ring (bicyclic) bond motifs is 4. The summed E-state index contributed by atoms with van der Waals surface area (Å²) in [6.45, 7) is 3.62. The molecular formula is C32H26O6P2+2. The molecule has 0 aliphatic carbocycles. The van der Waals surface area contributed by atoms with Crippen LogP contribution in [-0.2, 0) is 4.52 Å². The zero-order valence-electron chi connectivity index (χ0n) is 21.8. The molecule has 0 amide bonds. The van der Waals surface area contributed by atoms with Crippen molar-refractivity contribution in [1.29, 1.82) is 0 Å². The normalized spacial score (nSPS) is 21.1. The van der Waals surface area contributed by atoms with Crippen molar-refractivity contribution in [3.8, 4) is 16.9 Å². The Labute approximate surface area is 233 Å². The molecule has 0 spiro atoms. The number of hydrogen-bond donors (Lipinski definition) is 2. The second-order valence-corrected chi connectivity index (χ2v) is 14.0. The van der Waals surface area contributed by atoms with E-state index >= 15 is 0 Å². The van der Waals surface area contributed by atoms with Crippen molar-refractivity contribution in [2.45, 2.75) is 13.8 Å². The lowest BCUT2D eigenvalue weighted by Gasteiger charge is -2.26. The molecule has 0 saturated heterocycles. The van der Waals surface area contributed by atoms with Gasteiger partial charge in [0.15, 0.2) is 22.1 Å². The number of hydrogen-bond acceptors (Lipinski definition) is 6. The third kappa shape index (κ3) is 4.04. The summed E-state index contributed by atoms with van der Waals surface area (Å²) in [5, 5.41) is 0.899. The molecular weight excluding hydrogens is 542 g/mol. The Balaban J connectivity index is 1.34. The Hall–Kier alpha value is -3.92. The molecule has 4 aromatic carbocycles. The van der Waals surface area contributed by atoms with E-state index < -0.39 is 26.5 Å². The minimum absolute atomic E-state index is 0.197. The molecule has 8 heteroatoms. The summed E-state index contributed by atoms with van der Waals surface area (Å²) < 4.78 is 12.0. The predicted molar refractivity (Wildman–Crippen MR) is 160 cm³/mol. The number of carbonyl (C=O) groups excluding carboxylic acids is 2. The second-order valence-electron chi connectivity index (χ2n) is 9.52. The number of carbonyl (C=O) groups is 2. The topological polar surface area (TPSA) is 93.1 Å². The maximum Gasteiger partial charge on any atom is 0.424 e. The summed E-state index contributed by atoms with van der Waals surface area (Å²) in [5.41, 5.74) is 2.40. The first-order chi connectivity index (χ1) is 19.3. The smallest absolute Gasteiger partial charge is 0.309 e. The summed E-state index contributed by atoms with van der Waals surface area (Å²) >= 11 is 0. The van der Waals surface area contributed by atoms with E-state index in [2.05, 4.69) is 0 Å². The van der Waals surface area contributed by atoms with Crippen molar-refractivity contribution in [2.24, 2.45) is 0 Å². The van der Waals surface area contributed by atoms with Gasteiger partial charge in [-0.15, -0.1) is 0 Å². The first-order valence-corrected chi connectivity index (χ1v) is 16.0. The Morgan fingerprint density at radius 3 is 1.73 bits per heavy atom. The van der Waals surface area contributed by atoms with E-state index in [1.165, 1.54) is 24.3 Å². The van der Waals surface area contributed by atoms with E-state index in [9.17, 15) is 19.4 Å². The van der Waals surface area contributed by atoms with Crippen LogP contribution in [0.1, 0.15) is 40.1 Å². The van der Waals surface area contributed by atoms with E-state index in [0.29, 0.717) is 22.1 Å². The minimum Gasteiger partial charge on any atom is -0.309 e. The molecule has 2 heterocycles. The quantitative estimate of drug-likeness (QED) is 0.261. The van der Waals surface area contributed by atoms with Gasteiger partial charge in [0.1, 0.15) is 0 Å². The molecule has 2 unspecified atom stereocenters. The van der Waals surface area contributed by atoms with Crippen molar-refractivity contribution in [2.75, 3.05) is 0 Å². The van der Waals surface area contributed by atoms with Crippen LogP contribution in [0.25, 0.3) is 16.7 Å². The largest absolute Gasteiger partial charge is 0.424 e. The highest BCUT2D eigenvalue weighted by Gasteiger charge is 2.58. The Bertz CT molecular complexity index is 1740. The molecule has 0 fully saturated rings. The van der Waals surface area contributed by atoms with Gasteiger partial charge in [-0.2, -0.15) is 9.79 Å². The van der Waals surface area contributed by atoms with Crippen molar-refractivity contribution >= 4 is 42.7 Å². The second kappa shape index (κ2) is 9.92. The van der Waals surface area contributed by atoms with Crippen molar-refractivity contribution in [3.05, 3.63) is 132 Å². The fourth-order valence-electron chi connectivity index (χ4n) is 5.16. The lowest BCUT2D eigenvalue weighted by Crippen LogP contribution is -2.28. The SMILES string of the molecule is CC=CC1=C(C)O[P+](O)(C(=O)c2ccc(C(=O)[P+]3(O)Oc4ccccc4-c4ccccc43)cc2)c2ccccc21. The number of benzene rings is 4. The van der Waals surface area contributed by atoms with Gasteiger partial charge in [-0.25, -0.2) is 9.59 Å². The molecule has 6 rings (SSSR count). The van der Waals surface area contributed by atoms with Crippen LogP contribution in [0.4, 0.5) is 0 Å². The third-order valence-electron chi connectivity index (χ3n) is 7.07. The molecule has 0 radical (unpaired) electrons. The summed E-state index contributed by atoms with van der Waals surface area (Å²) in [6.07, 6.45) is 3.77. The average Bonchev–Trinajstić information content (AvgIpc) is 2.99. The third-order valence-corrected chi connectivity index (χ3v) is 11.8. The standard InChI is InChI=1S/C32H26O6P2/c1-3-10-24-21(2)37-39(35,29-15-8-5-12-26(24)29)31(33)22-17-19-23(20-18-22)32(34)40(36)30-16-9-6-13-27(30)25-11-4-7-14-28(25)38-40/h3-20,35-36H,1-2H3/q+2. The molecule has 2 aliphatic heterocycles. The number of rotatable bonds is 5.